The SMILES string of the molecule is O=C(NCC[C@H]1CCC(F)(F)C1)c1cncc(N2CCCC2=O)c1. The van der Waals surface area contributed by atoms with Crippen molar-refractivity contribution < 1.29 is 18.4 Å². The molecule has 2 heterocycles. The van der Waals surface area contributed by atoms with Crippen molar-refractivity contribution in [2.24, 2.45) is 5.92 Å². The third kappa shape index (κ3) is 3.88. The van der Waals surface area contributed by atoms with Crippen LogP contribution in [0.15, 0.2) is 18.5 Å². The maximum atomic E-state index is 13.1. The second-order valence-electron chi connectivity index (χ2n) is 6.59. The number of anilines is 1. The van der Waals surface area contributed by atoms with Crippen LogP contribution in [0.4, 0.5) is 14.5 Å². The van der Waals surface area contributed by atoms with Gasteiger partial charge in [0, 0.05) is 38.5 Å². The molecule has 3 rings (SSSR count). The van der Waals surface area contributed by atoms with Crippen LogP contribution in [0.3, 0.4) is 0 Å². The Morgan fingerprint density at radius 2 is 2.25 bits per heavy atom. The lowest BCUT2D eigenvalue weighted by molar-refractivity contribution is -0.117. The first-order chi connectivity index (χ1) is 11.4. The van der Waals surface area contributed by atoms with Crippen molar-refractivity contribution in [3.05, 3.63) is 24.0 Å². The lowest BCUT2D eigenvalue weighted by atomic mass is 10.0. The molecule has 5 nitrogen and oxygen atoms in total. The highest BCUT2D eigenvalue weighted by Gasteiger charge is 2.38. The van der Waals surface area contributed by atoms with Gasteiger partial charge in [0.15, 0.2) is 0 Å². The Hall–Kier alpha value is -2.05. The molecule has 1 aliphatic heterocycles. The van der Waals surface area contributed by atoms with E-state index in [0.717, 1.165) is 6.42 Å². The van der Waals surface area contributed by atoms with Crippen LogP contribution in [0.25, 0.3) is 0 Å². The summed E-state index contributed by atoms with van der Waals surface area (Å²) in [6, 6.07) is 1.65. The molecule has 2 aliphatic rings. The quantitative estimate of drug-likeness (QED) is 0.899. The van der Waals surface area contributed by atoms with Gasteiger partial charge in [-0.2, -0.15) is 0 Å². The summed E-state index contributed by atoms with van der Waals surface area (Å²) >= 11 is 0. The number of hydrogen-bond acceptors (Lipinski definition) is 3. The standard InChI is InChI=1S/C17H21F2N3O2/c18-17(19)5-3-12(9-17)4-6-21-16(24)13-8-14(11-20-10-13)22-7-1-2-15(22)23/h8,10-12H,1-7,9H2,(H,21,24)/t12-/m1/s1. The lowest BCUT2D eigenvalue weighted by Crippen LogP contribution is -2.27. The van der Waals surface area contributed by atoms with E-state index in [-0.39, 0.29) is 30.6 Å². The fourth-order valence-electron chi connectivity index (χ4n) is 3.40. The highest BCUT2D eigenvalue weighted by atomic mass is 19.3. The molecule has 1 N–H and O–H groups in total. The molecule has 0 radical (unpaired) electrons. The number of carbonyl (C=O) groups is 2. The van der Waals surface area contributed by atoms with Crippen molar-refractivity contribution in [2.45, 2.75) is 44.4 Å². The topological polar surface area (TPSA) is 62.3 Å². The van der Waals surface area contributed by atoms with E-state index in [1.54, 1.807) is 17.2 Å². The number of halogens is 2. The van der Waals surface area contributed by atoms with Crippen LogP contribution in [0.1, 0.15) is 48.9 Å². The molecule has 0 spiro atoms. The van der Waals surface area contributed by atoms with Crippen LogP contribution in [-0.2, 0) is 4.79 Å². The van der Waals surface area contributed by atoms with Crippen molar-refractivity contribution >= 4 is 17.5 Å². The van der Waals surface area contributed by atoms with Crippen molar-refractivity contribution in [1.29, 1.82) is 0 Å². The minimum absolute atomic E-state index is 0.0352. The summed E-state index contributed by atoms with van der Waals surface area (Å²) in [6.45, 7) is 1.01. The summed E-state index contributed by atoms with van der Waals surface area (Å²) in [5.74, 6) is -2.83. The molecule has 0 bridgehead atoms. The van der Waals surface area contributed by atoms with Crippen LogP contribution in [0.2, 0.25) is 0 Å². The first-order valence-electron chi connectivity index (χ1n) is 8.36. The Bertz CT molecular complexity index is 636. The molecule has 1 saturated heterocycles. The zero-order valence-electron chi connectivity index (χ0n) is 13.4. The number of hydrogen-bond donors (Lipinski definition) is 1. The van der Waals surface area contributed by atoms with E-state index < -0.39 is 5.92 Å². The van der Waals surface area contributed by atoms with Crippen molar-refractivity contribution in [3.8, 4) is 0 Å². The summed E-state index contributed by atoms with van der Waals surface area (Å²) in [7, 11) is 0. The Kier molecular flexibility index (Phi) is 4.78. The molecule has 1 aromatic heterocycles. The minimum atomic E-state index is -2.55. The van der Waals surface area contributed by atoms with Crippen LogP contribution in [-0.4, -0.2) is 35.8 Å². The number of nitrogens with zero attached hydrogens (tertiary/aromatic N) is 2. The molecular weight excluding hydrogens is 316 g/mol. The normalized spacial score (nSPS) is 22.8. The van der Waals surface area contributed by atoms with Crippen molar-refractivity contribution in [2.75, 3.05) is 18.0 Å². The van der Waals surface area contributed by atoms with Gasteiger partial charge in [-0.25, -0.2) is 8.78 Å². The first kappa shape index (κ1) is 16.8. The fourth-order valence-corrected chi connectivity index (χ4v) is 3.40. The third-order valence-corrected chi connectivity index (χ3v) is 4.71. The van der Waals surface area contributed by atoms with E-state index in [0.29, 0.717) is 43.6 Å². The predicted octanol–water partition coefficient (Wildman–Crippen LogP) is 2.76. The van der Waals surface area contributed by atoms with Gasteiger partial charge < -0.3 is 10.2 Å². The summed E-state index contributed by atoms with van der Waals surface area (Å²) in [5, 5.41) is 2.75. The van der Waals surface area contributed by atoms with E-state index in [4.69, 9.17) is 0 Å². The predicted molar refractivity (Wildman–Crippen MR) is 85.1 cm³/mol. The molecule has 1 aromatic rings. The van der Waals surface area contributed by atoms with Crippen LogP contribution < -0.4 is 10.2 Å². The molecule has 24 heavy (non-hydrogen) atoms. The number of rotatable bonds is 5. The zero-order valence-corrected chi connectivity index (χ0v) is 13.4. The number of pyridine rings is 1. The highest BCUT2D eigenvalue weighted by molar-refractivity contribution is 5.98. The zero-order chi connectivity index (χ0) is 17.2. The Morgan fingerprint density at radius 1 is 1.42 bits per heavy atom. The lowest BCUT2D eigenvalue weighted by Gasteiger charge is -2.16. The van der Waals surface area contributed by atoms with Crippen LogP contribution >= 0.6 is 0 Å². The smallest absolute Gasteiger partial charge is 0.252 e. The summed E-state index contributed by atoms with van der Waals surface area (Å²) < 4.78 is 26.3. The van der Waals surface area contributed by atoms with Crippen molar-refractivity contribution in [1.82, 2.24) is 10.3 Å². The van der Waals surface area contributed by atoms with E-state index in [9.17, 15) is 18.4 Å². The molecule has 0 aromatic carbocycles. The van der Waals surface area contributed by atoms with Crippen LogP contribution in [0, 0.1) is 5.92 Å². The molecule has 0 unspecified atom stereocenters. The van der Waals surface area contributed by atoms with Gasteiger partial charge in [-0.05, 0) is 31.2 Å². The fraction of sp³-hybridized carbons (Fsp3) is 0.588. The summed E-state index contributed by atoms with van der Waals surface area (Å²) in [4.78, 5) is 29.6. The van der Waals surface area contributed by atoms with E-state index >= 15 is 0 Å². The molecule has 2 fully saturated rings. The Morgan fingerprint density at radius 3 is 2.92 bits per heavy atom. The Labute approximate surface area is 139 Å². The van der Waals surface area contributed by atoms with E-state index in [1.165, 1.54) is 6.20 Å². The average Bonchev–Trinajstić information content (AvgIpc) is 3.12. The molecule has 1 atom stereocenters. The van der Waals surface area contributed by atoms with E-state index in [2.05, 4.69) is 10.3 Å². The highest BCUT2D eigenvalue weighted by Crippen LogP contribution is 2.40. The van der Waals surface area contributed by atoms with Gasteiger partial charge in [-0.15, -0.1) is 0 Å². The Balaban J connectivity index is 1.53. The average molecular weight is 337 g/mol. The van der Waals surface area contributed by atoms with Gasteiger partial charge in [0.2, 0.25) is 11.8 Å². The second-order valence-corrected chi connectivity index (χ2v) is 6.59. The molecule has 1 saturated carbocycles. The van der Waals surface area contributed by atoms with Crippen LogP contribution in [0.5, 0.6) is 0 Å². The summed E-state index contributed by atoms with van der Waals surface area (Å²) in [5.41, 5.74) is 1.00. The molecule has 7 heteroatoms. The minimum Gasteiger partial charge on any atom is -0.352 e. The summed E-state index contributed by atoms with van der Waals surface area (Å²) in [6.07, 6.45) is 5.27. The van der Waals surface area contributed by atoms with Gasteiger partial charge in [-0.3, -0.25) is 14.6 Å². The number of alkyl halides is 2. The number of amides is 2. The first-order valence-corrected chi connectivity index (χ1v) is 8.36. The number of nitrogens with one attached hydrogen (secondary N) is 1. The number of carbonyl (C=O) groups excluding carboxylic acids is 2. The third-order valence-electron chi connectivity index (χ3n) is 4.71. The van der Waals surface area contributed by atoms with Gasteiger partial charge in [0.1, 0.15) is 0 Å². The monoisotopic (exact) mass is 337 g/mol. The largest absolute Gasteiger partial charge is 0.352 e. The number of aromatic nitrogens is 1. The molecule has 1 aliphatic carbocycles. The maximum absolute atomic E-state index is 13.1. The van der Waals surface area contributed by atoms with Gasteiger partial charge in [0.05, 0.1) is 17.4 Å². The molecule has 130 valence electrons. The maximum Gasteiger partial charge on any atom is 0.252 e. The molecule has 2 amide bonds. The van der Waals surface area contributed by atoms with Crippen molar-refractivity contribution in [3.63, 3.8) is 0 Å². The van der Waals surface area contributed by atoms with Gasteiger partial charge in [-0.1, -0.05) is 0 Å². The van der Waals surface area contributed by atoms with Gasteiger partial charge in [0.25, 0.3) is 5.91 Å². The molecular formula is C17H21F2N3O2. The second kappa shape index (κ2) is 6.83. The van der Waals surface area contributed by atoms with E-state index in [1.807, 2.05) is 0 Å². The van der Waals surface area contributed by atoms with Gasteiger partial charge >= 0.3 is 0 Å².